The van der Waals surface area contributed by atoms with Crippen molar-refractivity contribution < 1.29 is 24.8 Å². The minimum atomic E-state index is -0.732. The molecule has 0 bridgehead atoms. The summed E-state index contributed by atoms with van der Waals surface area (Å²) in [7, 11) is 0. The van der Waals surface area contributed by atoms with E-state index in [1.54, 1.807) is 6.07 Å². The van der Waals surface area contributed by atoms with E-state index in [4.69, 9.17) is 14.6 Å². The molecule has 2 aromatic carbocycles. The molecule has 0 fully saturated rings. The van der Waals surface area contributed by atoms with E-state index in [1.807, 2.05) is 54.6 Å². The molecule has 0 saturated carbocycles. The van der Waals surface area contributed by atoms with Crippen LogP contribution in [0.4, 0.5) is 0 Å². The van der Waals surface area contributed by atoms with Gasteiger partial charge in [0.1, 0.15) is 12.4 Å². The van der Waals surface area contributed by atoms with E-state index >= 15 is 0 Å². The first-order chi connectivity index (χ1) is 15.6. The SMILES string of the molecule is CCCCC(=C=CC[C@H](O)c1ccccc1OCCO)C[C@H](O)COCc1ccccc1. The molecule has 5 nitrogen and oxygen atoms in total. The van der Waals surface area contributed by atoms with E-state index in [0.29, 0.717) is 30.8 Å². The number of ether oxygens (including phenoxy) is 2. The summed E-state index contributed by atoms with van der Waals surface area (Å²) in [5.41, 5.74) is 6.09. The molecule has 2 rings (SSSR count). The van der Waals surface area contributed by atoms with E-state index < -0.39 is 12.2 Å². The fourth-order valence-electron chi connectivity index (χ4n) is 3.34. The molecule has 0 heterocycles. The van der Waals surface area contributed by atoms with E-state index in [2.05, 4.69) is 12.7 Å². The van der Waals surface area contributed by atoms with Gasteiger partial charge in [-0.1, -0.05) is 61.9 Å². The molecule has 0 aliphatic rings. The summed E-state index contributed by atoms with van der Waals surface area (Å²) in [6.07, 6.45) is 4.32. The predicted molar refractivity (Wildman–Crippen MR) is 126 cm³/mol. The van der Waals surface area contributed by atoms with Crippen molar-refractivity contribution in [1.29, 1.82) is 0 Å². The highest BCUT2D eigenvalue weighted by Gasteiger charge is 2.12. The monoisotopic (exact) mass is 440 g/mol. The fourth-order valence-corrected chi connectivity index (χ4v) is 3.34. The maximum atomic E-state index is 10.6. The Balaban J connectivity index is 1.93. The first kappa shape index (κ1) is 25.9. The first-order valence-electron chi connectivity index (χ1n) is 11.4. The van der Waals surface area contributed by atoms with Crippen LogP contribution in [0.5, 0.6) is 5.75 Å². The number of aliphatic hydroxyl groups is 3. The van der Waals surface area contributed by atoms with Crippen LogP contribution in [0.25, 0.3) is 0 Å². The number of para-hydroxylation sites is 1. The average Bonchev–Trinajstić information content (AvgIpc) is 2.81. The fraction of sp³-hybridized carbons (Fsp3) is 0.444. The van der Waals surface area contributed by atoms with Gasteiger partial charge in [0.15, 0.2) is 0 Å². The second kappa shape index (κ2) is 15.4. The van der Waals surface area contributed by atoms with E-state index in [0.717, 1.165) is 30.4 Å². The summed E-state index contributed by atoms with van der Waals surface area (Å²) in [6.45, 7) is 2.99. The molecular weight excluding hydrogens is 404 g/mol. The molecule has 5 heteroatoms. The van der Waals surface area contributed by atoms with Crippen LogP contribution in [0, 0.1) is 0 Å². The lowest BCUT2D eigenvalue weighted by molar-refractivity contribution is 0.0285. The second-order valence-corrected chi connectivity index (χ2v) is 7.78. The van der Waals surface area contributed by atoms with Gasteiger partial charge in [0.05, 0.1) is 32.0 Å². The van der Waals surface area contributed by atoms with Crippen LogP contribution < -0.4 is 4.74 Å². The Hall–Kier alpha value is -2.40. The van der Waals surface area contributed by atoms with Gasteiger partial charge in [-0.2, -0.15) is 0 Å². The third kappa shape index (κ3) is 9.82. The van der Waals surface area contributed by atoms with Crippen molar-refractivity contribution in [2.45, 2.75) is 57.8 Å². The van der Waals surface area contributed by atoms with Crippen LogP contribution in [0.2, 0.25) is 0 Å². The molecular formula is C27H36O5. The molecule has 0 aromatic heterocycles. The summed E-state index contributed by atoms with van der Waals surface area (Å²) in [5.74, 6) is 0.573. The molecule has 174 valence electrons. The Morgan fingerprint density at radius 1 is 1.06 bits per heavy atom. The molecule has 0 saturated heterocycles. The summed E-state index contributed by atoms with van der Waals surface area (Å²) in [6, 6.07) is 17.2. The zero-order valence-electron chi connectivity index (χ0n) is 19.0. The highest BCUT2D eigenvalue weighted by molar-refractivity contribution is 5.35. The van der Waals surface area contributed by atoms with E-state index in [9.17, 15) is 10.2 Å². The van der Waals surface area contributed by atoms with Crippen LogP contribution in [0.15, 0.2) is 72.0 Å². The van der Waals surface area contributed by atoms with Crippen LogP contribution in [-0.4, -0.2) is 41.2 Å². The minimum absolute atomic E-state index is 0.0781. The average molecular weight is 441 g/mol. The maximum Gasteiger partial charge on any atom is 0.125 e. The van der Waals surface area contributed by atoms with Gasteiger partial charge in [0.2, 0.25) is 0 Å². The largest absolute Gasteiger partial charge is 0.491 e. The number of rotatable bonds is 15. The van der Waals surface area contributed by atoms with Gasteiger partial charge in [-0.3, -0.25) is 0 Å². The summed E-state index contributed by atoms with van der Waals surface area (Å²) < 4.78 is 11.2. The normalized spacial score (nSPS) is 12.6. The smallest absolute Gasteiger partial charge is 0.125 e. The number of aliphatic hydroxyl groups excluding tert-OH is 3. The van der Waals surface area contributed by atoms with Crippen LogP contribution in [-0.2, 0) is 11.3 Å². The standard InChI is InChI=1S/C27H36O5/c1-2-3-10-22(19-24(29)21-31-20-23-11-5-4-6-12-23)13-9-15-26(30)25-14-7-8-16-27(25)32-18-17-28/h4-9,11-12,14,16,24,26,28-30H,2-3,10,15,17-21H2,1H3/t13?,24-,26-/m0/s1. The van der Waals surface area contributed by atoms with Crippen molar-refractivity contribution >= 4 is 0 Å². The summed E-state index contributed by atoms with van der Waals surface area (Å²) in [5, 5.41) is 30.0. The Kier molecular flexibility index (Phi) is 12.5. The van der Waals surface area contributed by atoms with Gasteiger partial charge >= 0.3 is 0 Å². The molecule has 0 spiro atoms. The maximum absolute atomic E-state index is 10.6. The van der Waals surface area contributed by atoms with Crippen LogP contribution >= 0.6 is 0 Å². The van der Waals surface area contributed by atoms with E-state index in [-0.39, 0.29) is 19.8 Å². The Bertz CT molecular complexity index is 827. The minimum Gasteiger partial charge on any atom is -0.491 e. The molecule has 0 unspecified atom stereocenters. The Labute approximate surface area is 191 Å². The van der Waals surface area contributed by atoms with Gasteiger partial charge < -0.3 is 24.8 Å². The van der Waals surface area contributed by atoms with Crippen LogP contribution in [0.3, 0.4) is 0 Å². The van der Waals surface area contributed by atoms with Crippen molar-refractivity contribution in [3.8, 4) is 5.75 Å². The predicted octanol–water partition coefficient (Wildman–Crippen LogP) is 4.72. The van der Waals surface area contributed by atoms with Crippen molar-refractivity contribution in [2.24, 2.45) is 0 Å². The van der Waals surface area contributed by atoms with Crippen molar-refractivity contribution in [2.75, 3.05) is 19.8 Å². The number of hydrogen-bond donors (Lipinski definition) is 3. The number of benzene rings is 2. The molecule has 2 aromatic rings. The third-order valence-corrected chi connectivity index (χ3v) is 5.01. The molecule has 3 N–H and O–H groups in total. The molecule has 2 atom stereocenters. The lowest BCUT2D eigenvalue weighted by atomic mass is 10.0. The summed E-state index contributed by atoms with van der Waals surface area (Å²) >= 11 is 0. The first-order valence-corrected chi connectivity index (χ1v) is 11.4. The zero-order valence-corrected chi connectivity index (χ0v) is 19.0. The molecule has 32 heavy (non-hydrogen) atoms. The quantitative estimate of drug-likeness (QED) is 0.349. The highest BCUT2D eigenvalue weighted by Crippen LogP contribution is 2.27. The van der Waals surface area contributed by atoms with Gasteiger partial charge in [0, 0.05) is 18.4 Å². The van der Waals surface area contributed by atoms with Crippen molar-refractivity contribution in [1.82, 2.24) is 0 Å². The molecule has 0 radical (unpaired) electrons. The molecule has 0 aliphatic carbocycles. The molecule has 0 amide bonds. The Morgan fingerprint density at radius 2 is 1.81 bits per heavy atom. The Morgan fingerprint density at radius 3 is 2.56 bits per heavy atom. The van der Waals surface area contributed by atoms with Gasteiger partial charge in [-0.25, -0.2) is 0 Å². The van der Waals surface area contributed by atoms with Gasteiger partial charge in [-0.05, 0) is 36.1 Å². The lowest BCUT2D eigenvalue weighted by Crippen LogP contribution is -2.16. The third-order valence-electron chi connectivity index (χ3n) is 5.01. The van der Waals surface area contributed by atoms with Crippen molar-refractivity contribution in [3.63, 3.8) is 0 Å². The summed E-state index contributed by atoms with van der Waals surface area (Å²) in [4.78, 5) is 0. The van der Waals surface area contributed by atoms with Gasteiger partial charge in [-0.15, -0.1) is 5.73 Å². The van der Waals surface area contributed by atoms with E-state index in [1.165, 1.54) is 0 Å². The topological polar surface area (TPSA) is 79.2 Å². The molecule has 0 aliphatic heterocycles. The van der Waals surface area contributed by atoms with Gasteiger partial charge in [0.25, 0.3) is 0 Å². The number of unbranched alkanes of at least 4 members (excludes halogenated alkanes) is 1. The lowest BCUT2D eigenvalue weighted by Gasteiger charge is -2.14. The zero-order chi connectivity index (χ0) is 23.0. The van der Waals surface area contributed by atoms with Crippen LogP contribution in [0.1, 0.15) is 56.3 Å². The highest BCUT2D eigenvalue weighted by atomic mass is 16.5. The second-order valence-electron chi connectivity index (χ2n) is 7.78. The number of hydrogen-bond acceptors (Lipinski definition) is 5. The van der Waals surface area contributed by atoms with Crippen molar-refractivity contribution in [3.05, 3.63) is 83.1 Å².